The highest BCUT2D eigenvalue weighted by molar-refractivity contribution is 9.11. The zero-order chi connectivity index (χ0) is 21.8. The molecule has 2 rings (SSSR count). The Balaban J connectivity index is 1.74. The molecule has 2 N–H and O–H groups in total. The van der Waals surface area contributed by atoms with Gasteiger partial charge in [0.25, 0.3) is 5.91 Å². The maximum Gasteiger partial charge on any atom is 0.426 e. The van der Waals surface area contributed by atoms with E-state index in [1.165, 1.54) is 4.90 Å². The number of nitrogens with one attached hydrogen (secondary N) is 1. The number of halogens is 4. The highest BCUT2D eigenvalue weighted by Crippen LogP contribution is 2.30. The summed E-state index contributed by atoms with van der Waals surface area (Å²) in [6, 6.07) is 3.87. The molecule has 1 unspecified atom stereocenters. The van der Waals surface area contributed by atoms with Gasteiger partial charge in [0.2, 0.25) is 17.4 Å². The number of nitrogens with zero attached hydrogens (tertiary/aromatic N) is 2. The third kappa shape index (κ3) is 6.16. The molecule has 0 radical (unpaired) electrons. The summed E-state index contributed by atoms with van der Waals surface area (Å²) in [6.07, 6.45) is -4.17. The molecule has 0 aromatic carbocycles. The van der Waals surface area contributed by atoms with Crippen LogP contribution in [0.15, 0.2) is 15.9 Å². The van der Waals surface area contributed by atoms with Crippen LogP contribution in [0, 0.1) is 0 Å². The Morgan fingerprint density at radius 1 is 1.14 bits per heavy atom. The first-order valence-corrected chi connectivity index (χ1v) is 10.4. The number of amides is 3. The molecule has 1 aromatic heterocycles. The molecule has 7 nitrogen and oxygen atoms in total. The molecule has 2 heterocycles. The minimum absolute atomic E-state index is 0.0313. The van der Waals surface area contributed by atoms with Crippen molar-refractivity contribution in [2.45, 2.75) is 31.5 Å². The van der Waals surface area contributed by atoms with Crippen LogP contribution in [0.25, 0.3) is 0 Å². The number of carbonyl (C=O) groups excluding carboxylic acids is 3. The molecule has 1 atom stereocenters. The number of aliphatic hydroxyl groups is 1. The number of alkyl halides is 3. The van der Waals surface area contributed by atoms with Gasteiger partial charge in [-0.05, 0) is 41.4 Å². The van der Waals surface area contributed by atoms with Crippen LogP contribution >= 0.6 is 27.3 Å². The summed E-state index contributed by atoms with van der Waals surface area (Å²) in [5.74, 6) is -2.30. The Bertz CT molecular complexity index is 761. The van der Waals surface area contributed by atoms with Gasteiger partial charge < -0.3 is 20.2 Å². The number of thiophene rings is 1. The van der Waals surface area contributed by atoms with E-state index < -0.39 is 30.1 Å². The number of aryl methyl sites for hydroxylation is 1. The molecule has 1 aliphatic heterocycles. The smallest absolute Gasteiger partial charge is 0.373 e. The molecular weight excluding hydrogens is 479 g/mol. The summed E-state index contributed by atoms with van der Waals surface area (Å²) in [6.45, 7) is 0.736. The lowest BCUT2D eigenvalue weighted by atomic mass is 10.1. The fraction of sp³-hybridized carbons (Fsp3) is 0.588. The third-order valence-corrected chi connectivity index (χ3v) is 6.28. The van der Waals surface area contributed by atoms with Crippen molar-refractivity contribution in [3.05, 3.63) is 20.8 Å². The Labute approximate surface area is 178 Å². The van der Waals surface area contributed by atoms with Crippen molar-refractivity contribution in [1.29, 1.82) is 0 Å². The van der Waals surface area contributed by atoms with Gasteiger partial charge in [-0.3, -0.25) is 14.4 Å². The van der Waals surface area contributed by atoms with E-state index in [2.05, 4.69) is 15.9 Å². The van der Waals surface area contributed by atoms with Crippen molar-refractivity contribution in [3.63, 3.8) is 0 Å². The van der Waals surface area contributed by atoms with Crippen molar-refractivity contribution in [1.82, 2.24) is 15.1 Å². The van der Waals surface area contributed by atoms with Crippen LogP contribution in [0.5, 0.6) is 0 Å². The van der Waals surface area contributed by atoms with Crippen molar-refractivity contribution >= 4 is 45.0 Å². The van der Waals surface area contributed by atoms with Crippen molar-refractivity contribution in [3.8, 4) is 0 Å². The van der Waals surface area contributed by atoms with Crippen molar-refractivity contribution in [2.75, 3.05) is 32.7 Å². The minimum atomic E-state index is -5.15. The van der Waals surface area contributed by atoms with Crippen LogP contribution in [0.3, 0.4) is 0 Å². The minimum Gasteiger partial charge on any atom is -0.373 e. The largest absolute Gasteiger partial charge is 0.426 e. The molecule has 3 amide bonds. The summed E-state index contributed by atoms with van der Waals surface area (Å²) in [4.78, 5) is 40.0. The maximum atomic E-state index is 12.6. The Kier molecular flexibility index (Phi) is 7.68. The van der Waals surface area contributed by atoms with Gasteiger partial charge in [-0.15, -0.1) is 11.3 Å². The van der Waals surface area contributed by atoms with E-state index in [0.29, 0.717) is 32.9 Å². The second-order valence-electron chi connectivity index (χ2n) is 6.72. The second kappa shape index (κ2) is 9.43. The van der Waals surface area contributed by atoms with E-state index in [1.54, 1.807) is 16.2 Å². The van der Waals surface area contributed by atoms with Gasteiger partial charge in [0, 0.05) is 37.5 Å². The zero-order valence-corrected chi connectivity index (χ0v) is 18.0. The molecule has 1 saturated heterocycles. The van der Waals surface area contributed by atoms with Gasteiger partial charge in [0.15, 0.2) is 0 Å². The molecule has 29 heavy (non-hydrogen) atoms. The van der Waals surface area contributed by atoms with Gasteiger partial charge in [0.1, 0.15) is 0 Å². The predicted octanol–water partition coefficient (Wildman–Crippen LogP) is 1.54. The van der Waals surface area contributed by atoms with Gasteiger partial charge in [-0.25, -0.2) is 0 Å². The van der Waals surface area contributed by atoms with Crippen molar-refractivity contribution < 1.29 is 32.7 Å². The lowest BCUT2D eigenvalue weighted by Crippen LogP contribution is -2.57. The van der Waals surface area contributed by atoms with E-state index in [-0.39, 0.29) is 19.0 Å². The number of rotatable bonds is 6. The van der Waals surface area contributed by atoms with Crippen molar-refractivity contribution in [2.24, 2.45) is 0 Å². The Morgan fingerprint density at radius 3 is 2.17 bits per heavy atom. The molecule has 162 valence electrons. The fourth-order valence-corrected chi connectivity index (χ4v) is 4.13. The van der Waals surface area contributed by atoms with E-state index in [4.69, 9.17) is 0 Å². The van der Waals surface area contributed by atoms with Gasteiger partial charge in [0.05, 0.1) is 10.3 Å². The van der Waals surface area contributed by atoms with Crippen LogP contribution in [-0.2, 0) is 20.8 Å². The maximum absolute atomic E-state index is 12.6. The Hall–Kier alpha value is -1.66. The Morgan fingerprint density at radius 2 is 1.69 bits per heavy atom. The lowest BCUT2D eigenvalue weighted by molar-refractivity contribution is -0.245. The van der Waals surface area contributed by atoms with Crippen LogP contribution in [0.4, 0.5) is 13.2 Å². The number of hydrogen-bond acceptors (Lipinski definition) is 5. The average molecular weight is 500 g/mol. The quantitative estimate of drug-likeness (QED) is 0.621. The summed E-state index contributed by atoms with van der Waals surface area (Å²) >= 11 is 4.93. The van der Waals surface area contributed by atoms with E-state index in [1.807, 2.05) is 17.4 Å². The first-order valence-electron chi connectivity index (χ1n) is 8.79. The lowest BCUT2D eigenvalue weighted by Gasteiger charge is -2.35. The van der Waals surface area contributed by atoms with Crippen LogP contribution in [0.2, 0.25) is 0 Å². The van der Waals surface area contributed by atoms with E-state index in [0.717, 1.165) is 8.66 Å². The highest BCUT2D eigenvalue weighted by Gasteiger charge is 2.55. The van der Waals surface area contributed by atoms with Gasteiger partial charge >= 0.3 is 6.18 Å². The molecule has 0 bridgehead atoms. The number of carbonyl (C=O) groups is 3. The van der Waals surface area contributed by atoms with Crippen LogP contribution in [-0.4, -0.2) is 77.1 Å². The normalized spacial score (nSPS) is 17.0. The molecule has 1 aliphatic rings. The molecule has 1 fully saturated rings. The first kappa shape index (κ1) is 23.6. The standard InChI is InChI=1S/C17H21BrF3N3O4S/c1-16(28,17(19,20)21)15(27)22-10-14(26)24-8-6-23(7-9-24)13(25)5-3-11-2-4-12(18)29-11/h2,4,28H,3,5-10H2,1H3,(H,22,27). The van der Waals surface area contributed by atoms with Crippen LogP contribution in [0.1, 0.15) is 18.2 Å². The average Bonchev–Trinajstić information content (AvgIpc) is 3.08. The molecule has 0 saturated carbocycles. The summed E-state index contributed by atoms with van der Waals surface area (Å²) < 4.78 is 38.8. The van der Waals surface area contributed by atoms with E-state index >= 15 is 0 Å². The number of piperazine rings is 1. The SMILES string of the molecule is CC(O)(C(=O)NCC(=O)N1CCN(C(=O)CCc2ccc(Br)s2)CC1)C(F)(F)F. The first-order chi connectivity index (χ1) is 13.4. The summed E-state index contributed by atoms with van der Waals surface area (Å²) in [5.41, 5.74) is -3.57. The summed E-state index contributed by atoms with van der Waals surface area (Å²) in [5, 5.41) is 11.1. The predicted molar refractivity (Wildman–Crippen MR) is 103 cm³/mol. The second-order valence-corrected chi connectivity index (χ2v) is 9.27. The molecule has 0 aliphatic carbocycles. The topological polar surface area (TPSA) is 89.9 Å². The monoisotopic (exact) mass is 499 g/mol. The fourth-order valence-electron chi connectivity index (χ4n) is 2.65. The summed E-state index contributed by atoms with van der Waals surface area (Å²) in [7, 11) is 0. The highest BCUT2D eigenvalue weighted by atomic mass is 79.9. The molecule has 0 spiro atoms. The molecular formula is C17H21BrF3N3O4S. The zero-order valence-electron chi connectivity index (χ0n) is 15.6. The molecule has 1 aromatic rings. The van der Waals surface area contributed by atoms with Crippen LogP contribution < -0.4 is 5.32 Å². The van der Waals surface area contributed by atoms with Gasteiger partial charge in [-0.1, -0.05) is 0 Å². The number of hydrogen-bond donors (Lipinski definition) is 2. The van der Waals surface area contributed by atoms with E-state index in [9.17, 15) is 32.7 Å². The van der Waals surface area contributed by atoms with Gasteiger partial charge in [-0.2, -0.15) is 13.2 Å². The third-order valence-electron chi connectivity index (χ3n) is 4.59. The molecule has 12 heteroatoms.